The SMILES string of the molecule is CC(C)N1CCN(c2ccc(Nc3ccc(-c4cc(F)cc(C(N)=O)c4)n4ccnc34)cc2)CC1.CC(C)N1CCN(c2ccc(Nc3ccc(-c4cncc(F)c4)n4ccnc34)cc2)CC1.Cc1cncc(-c2ccc(Nc3ccc(N4CCOCC4)cc3)c3nccn23)c1. The summed E-state index contributed by atoms with van der Waals surface area (Å²) in [6.07, 6.45) is 17.6. The van der Waals surface area contributed by atoms with Gasteiger partial charge >= 0.3 is 0 Å². The van der Waals surface area contributed by atoms with Crippen LogP contribution in [0.4, 0.5) is 60.0 Å². The van der Waals surface area contributed by atoms with E-state index in [1.54, 1.807) is 24.7 Å². The van der Waals surface area contributed by atoms with E-state index < -0.39 is 11.7 Å². The van der Waals surface area contributed by atoms with Crippen molar-refractivity contribution in [1.82, 2.24) is 47.9 Å². The normalized spacial score (nSPS) is 14.6. The van der Waals surface area contributed by atoms with Crippen molar-refractivity contribution < 1.29 is 18.3 Å². The van der Waals surface area contributed by atoms with Crippen molar-refractivity contribution in [3.63, 3.8) is 0 Å². The second-order valence-electron chi connectivity index (χ2n) is 24.8. The fraction of sp³-hybridized carbons (Fsp3) is 0.253. The van der Waals surface area contributed by atoms with Gasteiger partial charge in [-0.1, -0.05) is 0 Å². The number of aryl methyl sites for hydroxylation is 1. The number of rotatable bonds is 15. The van der Waals surface area contributed by atoms with Gasteiger partial charge in [-0.25, -0.2) is 23.7 Å². The van der Waals surface area contributed by atoms with Crippen molar-refractivity contribution in [2.45, 2.75) is 46.7 Å². The van der Waals surface area contributed by atoms with Crippen molar-refractivity contribution in [1.29, 1.82) is 0 Å². The number of anilines is 9. The quantitative estimate of drug-likeness (QED) is 0.0760. The number of hydrogen-bond donors (Lipinski definition) is 4. The highest BCUT2D eigenvalue weighted by atomic mass is 19.1. The molecule has 15 rings (SSSR count). The molecule has 0 spiro atoms. The van der Waals surface area contributed by atoms with Crippen molar-refractivity contribution in [2.24, 2.45) is 5.73 Å². The molecule has 3 fully saturated rings. The van der Waals surface area contributed by atoms with E-state index in [2.05, 4.69) is 195 Å². The molecule has 8 aromatic heterocycles. The van der Waals surface area contributed by atoms with Gasteiger partial charge in [0.05, 0.1) is 53.6 Å². The number of imidazole rings is 3. The number of aromatic nitrogens is 8. The fourth-order valence-corrected chi connectivity index (χ4v) is 12.7. The van der Waals surface area contributed by atoms with Gasteiger partial charge in [0, 0.05) is 190 Å². The molecule has 5 N–H and O–H groups in total. The second-order valence-corrected chi connectivity index (χ2v) is 24.8. The van der Waals surface area contributed by atoms with Gasteiger partial charge in [-0.2, -0.15) is 0 Å². The number of nitrogens with one attached hydrogen (secondary N) is 3. The molecule has 0 bridgehead atoms. The van der Waals surface area contributed by atoms with Crippen LogP contribution >= 0.6 is 0 Å². The Morgan fingerprint density at radius 1 is 0.448 bits per heavy atom. The number of carbonyl (C=O) groups excluding carboxylic acids is 1. The molecular formula is C75H79F2N17O2. The lowest BCUT2D eigenvalue weighted by atomic mass is 10.1. The van der Waals surface area contributed by atoms with Crippen LogP contribution in [0.25, 0.3) is 50.7 Å². The first-order valence-electron chi connectivity index (χ1n) is 32.7. The van der Waals surface area contributed by atoms with E-state index in [1.807, 2.05) is 70.2 Å². The minimum Gasteiger partial charge on any atom is -0.378 e. The highest BCUT2D eigenvalue weighted by molar-refractivity contribution is 5.94. The number of pyridine rings is 5. The van der Waals surface area contributed by atoms with Gasteiger partial charge in [0.2, 0.25) is 5.91 Å². The average molecular weight is 1290 g/mol. The average Bonchev–Trinajstić information content (AvgIpc) is 1.64. The van der Waals surface area contributed by atoms with Crippen molar-refractivity contribution in [3.05, 3.63) is 224 Å². The van der Waals surface area contributed by atoms with Crippen molar-refractivity contribution in [2.75, 3.05) is 109 Å². The number of nitrogens with zero attached hydrogens (tertiary/aromatic N) is 13. The van der Waals surface area contributed by atoms with Crippen LogP contribution < -0.4 is 36.4 Å². The van der Waals surface area contributed by atoms with Crippen LogP contribution in [0.5, 0.6) is 0 Å². The third kappa shape index (κ3) is 14.6. The summed E-state index contributed by atoms with van der Waals surface area (Å²) in [5.41, 5.74) is 23.3. The lowest BCUT2D eigenvalue weighted by molar-refractivity contribution is 0.0999. The molecule has 490 valence electrons. The molecule has 12 aromatic rings. The topological polar surface area (TPSA) is 182 Å². The van der Waals surface area contributed by atoms with E-state index in [4.69, 9.17) is 10.5 Å². The molecule has 0 aliphatic carbocycles. The maximum Gasteiger partial charge on any atom is 0.248 e. The molecule has 1 amide bonds. The van der Waals surface area contributed by atoms with Gasteiger partial charge in [0.25, 0.3) is 0 Å². The highest BCUT2D eigenvalue weighted by Crippen LogP contribution is 2.33. The zero-order chi connectivity index (χ0) is 66.2. The van der Waals surface area contributed by atoms with E-state index >= 15 is 0 Å². The molecule has 3 aliphatic heterocycles. The summed E-state index contributed by atoms with van der Waals surface area (Å²) in [6, 6.07) is 46.3. The number of nitrogens with two attached hydrogens (primary N) is 1. The Balaban J connectivity index is 0.000000131. The summed E-state index contributed by atoms with van der Waals surface area (Å²) in [5, 5.41) is 10.4. The Labute approximate surface area is 557 Å². The number of benzene rings is 4. The first-order valence-corrected chi connectivity index (χ1v) is 32.7. The lowest BCUT2D eigenvalue weighted by Crippen LogP contribution is -2.48. The van der Waals surface area contributed by atoms with E-state index in [0.29, 0.717) is 34.6 Å². The van der Waals surface area contributed by atoms with Crippen LogP contribution in [0.15, 0.2) is 201 Å². The molecule has 0 saturated carbocycles. The summed E-state index contributed by atoms with van der Waals surface area (Å²) in [6.45, 7) is 23.0. The first kappa shape index (κ1) is 64.0. The van der Waals surface area contributed by atoms with Crippen molar-refractivity contribution in [3.8, 4) is 33.8 Å². The van der Waals surface area contributed by atoms with Crippen LogP contribution in [0.3, 0.4) is 0 Å². The Morgan fingerprint density at radius 2 is 0.833 bits per heavy atom. The number of ether oxygens (including phenoxy) is 1. The molecule has 3 aliphatic rings. The second kappa shape index (κ2) is 28.9. The van der Waals surface area contributed by atoms with Crippen LogP contribution in [0.1, 0.15) is 43.6 Å². The standard InChI is InChI=1S/C27H29FN6O.C25H27FN6.C23H23N5O/c1-18(2)32-11-13-33(14-12-32)23-5-3-22(4-6-23)31-24-7-8-25(34-10-9-30-27(24)34)19-15-20(26(29)35)17-21(28)16-19;1-18(2)30-11-13-31(14-12-30)22-5-3-21(4-6-22)29-23-7-8-24(32-10-9-28-25(23)32)19-15-20(26)17-27-16-19;1-17-14-18(16-24-15-17)22-7-6-21(23-25-8-9-28(22)23)26-19-2-4-20(5-3-19)27-10-12-29-13-11-27/h3-10,15-18,31H,11-14H2,1-2H3,(H2,29,35);3-10,15-18,29H,11-14H2,1-2H3;2-9,14-16,26H,10-13H2,1H3. The number of hydrogen-bond acceptors (Lipinski definition) is 15. The third-order valence-electron chi connectivity index (χ3n) is 17.9. The maximum atomic E-state index is 14.1. The van der Waals surface area contributed by atoms with Crippen LogP contribution in [-0.4, -0.2) is 145 Å². The third-order valence-corrected chi connectivity index (χ3v) is 17.9. The fourth-order valence-electron chi connectivity index (χ4n) is 12.7. The highest BCUT2D eigenvalue weighted by Gasteiger charge is 2.22. The largest absolute Gasteiger partial charge is 0.378 e. The number of amides is 1. The number of primary amides is 1. The van der Waals surface area contributed by atoms with Crippen LogP contribution in [0, 0.1) is 18.6 Å². The van der Waals surface area contributed by atoms with Gasteiger partial charge < -0.3 is 41.1 Å². The summed E-state index contributed by atoms with van der Waals surface area (Å²) >= 11 is 0. The Bertz CT molecular complexity index is 4630. The number of morpholine rings is 1. The number of piperazine rings is 2. The summed E-state index contributed by atoms with van der Waals surface area (Å²) < 4.78 is 39.1. The zero-order valence-electron chi connectivity index (χ0n) is 54.7. The predicted octanol–water partition coefficient (Wildman–Crippen LogP) is 13.6. The molecule has 21 heteroatoms. The summed E-state index contributed by atoms with van der Waals surface area (Å²) in [7, 11) is 0. The molecule has 0 unspecified atom stereocenters. The predicted molar refractivity (Wildman–Crippen MR) is 381 cm³/mol. The van der Waals surface area contributed by atoms with Crippen LogP contribution in [0.2, 0.25) is 0 Å². The van der Waals surface area contributed by atoms with Gasteiger partial charge in [-0.3, -0.25) is 37.8 Å². The van der Waals surface area contributed by atoms with Crippen molar-refractivity contribution >= 4 is 74.0 Å². The van der Waals surface area contributed by atoms with E-state index in [9.17, 15) is 13.6 Å². The molecule has 0 radical (unpaired) electrons. The molecule has 0 atom stereocenters. The van der Waals surface area contributed by atoms with E-state index in [0.717, 1.165) is 153 Å². The minimum atomic E-state index is -0.670. The summed E-state index contributed by atoms with van der Waals surface area (Å²) in [4.78, 5) is 45.7. The molecule has 19 nitrogen and oxygen atoms in total. The smallest absolute Gasteiger partial charge is 0.248 e. The Hall–Kier alpha value is -10.7. The molecule has 4 aromatic carbocycles. The summed E-state index contributed by atoms with van der Waals surface area (Å²) in [5.74, 6) is -1.54. The maximum absolute atomic E-state index is 14.1. The number of fused-ring (bicyclic) bond motifs is 3. The van der Waals surface area contributed by atoms with E-state index in [-0.39, 0.29) is 11.4 Å². The van der Waals surface area contributed by atoms with Crippen LogP contribution in [-0.2, 0) is 4.74 Å². The molecule has 3 saturated heterocycles. The number of halogens is 2. The Morgan fingerprint density at radius 3 is 1.23 bits per heavy atom. The lowest BCUT2D eigenvalue weighted by Gasteiger charge is -2.38. The van der Waals surface area contributed by atoms with Gasteiger partial charge in [-0.05, 0) is 180 Å². The minimum absolute atomic E-state index is 0.126. The first-order chi connectivity index (χ1) is 46.7. The molecular weight excluding hydrogens is 1210 g/mol. The molecule has 96 heavy (non-hydrogen) atoms. The molecule has 11 heterocycles. The monoisotopic (exact) mass is 1290 g/mol. The van der Waals surface area contributed by atoms with E-state index in [1.165, 1.54) is 35.4 Å². The number of carbonyl (C=O) groups is 1. The van der Waals surface area contributed by atoms with Gasteiger partial charge in [0.15, 0.2) is 16.9 Å². The van der Waals surface area contributed by atoms with Gasteiger partial charge in [0.1, 0.15) is 11.6 Å². The Kier molecular flexibility index (Phi) is 19.2. The van der Waals surface area contributed by atoms with Gasteiger partial charge in [-0.15, -0.1) is 0 Å². The zero-order valence-corrected chi connectivity index (χ0v) is 54.7.